The van der Waals surface area contributed by atoms with Gasteiger partial charge in [-0.3, -0.25) is 4.79 Å². The van der Waals surface area contributed by atoms with Crippen LogP contribution in [0.5, 0.6) is 0 Å². The van der Waals surface area contributed by atoms with Crippen LogP contribution in [0.25, 0.3) is 0 Å². The second kappa shape index (κ2) is 6.18. The van der Waals surface area contributed by atoms with Crippen LogP contribution in [0.2, 0.25) is 5.02 Å². The zero-order chi connectivity index (χ0) is 13.0. The number of benzene rings is 1. The fourth-order valence-electron chi connectivity index (χ4n) is 1.94. The zero-order valence-corrected chi connectivity index (χ0v) is 11.1. The van der Waals surface area contributed by atoms with Crippen molar-refractivity contribution in [3.05, 3.63) is 34.3 Å². The van der Waals surface area contributed by atoms with Crippen LogP contribution in [0.4, 0.5) is 0 Å². The fourth-order valence-corrected chi connectivity index (χ4v) is 2.23. The molecule has 98 valence electrons. The summed E-state index contributed by atoms with van der Waals surface area (Å²) in [5, 5.41) is 6.75. The number of carbonyl (C=O) groups excluding carboxylic acids is 1. The van der Waals surface area contributed by atoms with E-state index in [4.69, 9.17) is 16.3 Å². The Morgan fingerprint density at radius 3 is 3.06 bits per heavy atom. The van der Waals surface area contributed by atoms with Crippen molar-refractivity contribution in [2.45, 2.75) is 13.0 Å². The average molecular weight is 269 g/mol. The van der Waals surface area contributed by atoms with E-state index in [1.165, 1.54) is 0 Å². The molecule has 1 amide bonds. The molecule has 18 heavy (non-hydrogen) atoms. The first-order valence-corrected chi connectivity index (χ1v) is 6.39. The van der Waals surface area contributed by atoms with Crippen molar-refractivity contribution < 1.29 is 9.53 Å². The van der Waals surface area contributed by atoms with E-state index >= 15 is 0 Å². The van der Waals surface area contributed by atoms with E-state index in [9.17, 15) is 4.79 Å². The molecule has 1 heterocycles. The molecule has 1 fully saturated rings. The number of rotatable bonds is 3. The lowest BCUT2D eigenvalue weighted by atomic mass is 10.1. The van der Waals surface area contributed by atoms with E-state index in [0.717, 1.165) is 18.7 Å². The minimum atomic E-state index is -0.104. The van der Waals surface area contributed by atoms with Crippen molar-refractivity contribution in [3.63, 3.8) is 0 Å². The van der Waals surface area contributed by atoms with Gasteiger partial charge in [0, 0.05) is 29.7 Å². The molecule has 1 saturated heterocycles. The number of nitrogens with one attached hydrogen (secondary N) is 2. The molecule has 4 nitrogen and oxygen atoms in total. The van der Waals surface area contributed by atoms with Crippen LogP contribution >= 0.6 is 11.6 Å². The summed E-state index contributed by atoms with van der Waals surface area (Å²) in [6, 6.07) is 5.51. The minimum Gasteiger partial charge on any atom is -0.378 e. The van der Waals surface area contributed by atoms with Gasteiger partial charge in [0.25, 0.3) is 5.91 Å². The minimum absolute atomic E-state index is 0.104. The summed E-state index contributed by atoms with van der Waals surface area (Å²) in [4.78, 5) is 12.0. The Hall–Kier alpha value is -1.10. The van der Waals surface area contributed by atoms with E-state index < -0.39 is 0 Å². The average Bonchev–Trinajstić information content (AvgIpc) is 2.36. The summed E-state index contributed by atoms with van der Waals surface area (Å²) in [7, 11) is 0. The molecular formula is C13H17ClN2O2. The first-order valence-electron chi connectivity index (χ1n) is 6.01. The molecule has 1 aromatic carbocycles. The number of halogens is 1. The Morgan fingerprint density at radius 2 is 2.39 bits per heavy atom. The summed E-state index contributed by atoms with van der Waals surface area (Å²) < 4.78 is 5.32. The van der Waals surface area contributed by atoms with Gasteiger partial charge in [-0.15, -0.1) is 0 Å². The predicted molar refractivity (Wildman–Crippen MR) is 71.1 cm³/mol. The smallest absolute Gasteiger partial charge is 0.251 e. The van der Waals surface area contributed by atoms with Gasteiger partial charge in [0.2, 0.25) is 0 Å². The monoisotopic (exact) mass is 268 g/mol. The highest BCUT2D eigenvalue weighted by molar-refractivity contribution is 6.31. The van der Waals surface area contributed by atoms with E-state index in [2.05, 4.69) is 10.6 Å². The number of hydrogen-bond donors (Lipinski definition) is 2. The first-order chi connectivity index (χ1) is 8.65. The normalized spacial score (nSPS) is 19.6. The Morgan fingerprint density at radius 1 is 1.56 bits per heavy atom. The van der Waals surface area contributed by atoms with Crippen LogP contribution in [0.1, 0.15) is 15.9 Å². The molecule has 1 aliphatic heterocycles. The highest BCUT2D eigenvalue weighted by atomic mass is 35.5. The van der Waals surface area contributed by atoms with E-state index in [1.54, 1.807) is 6.07 Å². The largest absolute Gasteiger partial charge is 0.378 e. The fraction of sp³-hybridized carbons (Fsp3) is 0.462. The number of carbonyl (C=O) groups is 1. The number of morpholine rings is 1. The maximum Gasteiger partial charge on any atom is 0.251 e. The molecule has 0 bridgehead atoms. The lowest BCUT2D eigenvalue weighted by molar-refractivity contribution is 0.0734. The summed E-state index contributed by atoms with van der Waals surface area (Å²) >= 11 is 5.93. The number of amides is 1. The molecule has 1 atom stereocenters. The van der Waals surface area contributed by atoms with E-state index in [1.807, 2.05) is 19.1 Å². The van der Waals surface area contributed by atoms with Crippen molar-refractivity contribution in [1.82, 2.24) is 10.6 Å². The van der Waals surface area contributed by atoms with Gasteiger partial charge in [-0.05, 0) is 30.7 Å². The molecule has 0 spiro atoms. The van der Waals surface area contributed by atoms with Crippen LogP contribution in [0.15, 0.2) is 18.2 Å². The maximum absolute atomic E-state index is 12.0. The third-order valence-corrected chi connectivity index (χ3v) is 3.03. The maximum atomic E-state index is 12.0. The quantitative estimate of drug-likeness (QED) is 0.871. The lowest BCUT2D eigenvalue weighted by Gasteiger charge is -2.23. The van der Waals surface area contributed by atoms with Crippen molar-refractivity contribution in [3.8, 4) is 0 Å². The first kappa shape index (κ1) is 13.3. The summed E-state index contributed by atoms with van der Waals surface area (Å²) in [6.45, 7) is 4.67. The van der Waals surface area contributed by atoms with Gasteiger partial charge in [0.15, 0.2) is 0 Å². The van der Waals surface area contributed by atoms with Crippen LogP contribution in [0.3, 0.4) is 0 Å². The molecule has 0 saturated carbocycles. The Bertz CT molecular complexity index is 411. The Labute approximate surface area is 112 Å². The third kappa shape index (κ3) is 3.70. The van der Waals surface area contributed by atoms with Gasteiger partial charge in [-0.1, -0.05) is 11.6 Å². The second-order valence-corrected chi connectivity index (χ2v) is 4.89. The van der Waals surface area contributed by atoms with Gasteiger partial charge in [-0.25, -0.2) is 0 Å². The highest BCUT2D eigenvalue weighted by Crippen LogP contribution is 2.14. The van der Waals surface area contributed by atoms with Gasteiger partial charge < -0.3 is 15.4 Å². The molecule has 0 aromatic heterocycles. The van der Waals surface area contributed by atoms with Crippen LogP contribution < -0.4 is 10.6 Å². The number of ether oxygens (including phenoxy) is 1. The van der Waals surface area contributed by atoms with Gasteiger partial charge in [0.05, 0.1) is 13.2 Å². The number of hydrogen-bond acceptors (Lipinski definition) is 3. The summed E-state index contributed by atoms with van der Waals surface area (Å²) in [6.07, 6.45) is 0. The number of aryl methyl sites for hydroxylation is 1. The predicted octanol–water partition coefficient (Wildman–Crippen LogP) is 1.37. The topological polar surface area (TPSA) is 50.4 Å². The summed E-state index contributed by atoms with van der Waals surface area (Å²) in [5.41, 5.74) is 1.57. The van der Waals surface area contributed by atoms with Crippen LogP contribution in [-0.4, -0.2) is 38.3 Å². The molecular weight excluding hydrogens is 252 g/mol. The SMILES string of the molecule is Cc1cc(Cl)cc(C(=O)NCC2COCCN2)c1. The van der Waals surface area contributed by atoms with Crippen molar-refractivity contribution in [2.24, 2.45) is 0 Å². The van der Waals surface area contributed by atoms with E-state index in [0.29, 0.717) is 23.7 Å². The zero-order valence-electron chi connectivity index (χ0n) is 10.3. The molecule has 5 heteroatoms. The van der Waals surface area contributed by atoms with Crippen molar-refractivity contribution >= 4 is 17.5 Å². The summed E-state index contributed by atoms with van der Waals surface area (Å²) in [5.74, 6) is -0.104. The van der Waals surface area contributed by atoms with Gasteiger partial charge in [0.1, 0.15) is 0 Å². The molecule has 1 unspecified atom stereocenters. The highest BCUT2D eigenvalue weighted by Gasteiger charge is 2.14. The lowest BCUT2D eigenvalue weighted by Crippen LogP contribution is -2.48. The molecule has 2 rings (SSSR count). The molecule has 0 radical (unpaired) electrons. The molecule has 0 aliphatic carbocycles. The Balaban J connectivity index is 1.90. The van der Waals surface area contributed by atoms with Crippen LogP contribution in [-0.2, 0) is 4.74 Å². The Kier molecular flexibility index (Phi) is 4.58. The van der Waals surface area contributed by atoms with Gasteiger partial charge >= 0.3 is 0 Å². The van der Waals surface area contributed by atoms with Crippen molar-refractivity contribution in [2.75, 3.05) is 26.3 Å². The standard InChI is InChI=1S/C13H17ClN2O2/c1-9-4-10(6-11(14)5-9)13(17)16-7-12-8-18-3-2-15-12/h4-6,12,15H,2-3,7-8H2,1H3,(H,16,17). The van der Waals surface area contributed by atoms with E-state index in [-0.39, 0.29) is 11.9 Å². The molecule has 2 N–H and O–H groups in total. The molecule has 1 aromatic rings. The molecule has 1 aliphatic rings. The second-order valence-electron chi connectivity index (χ2n) is 4.45. The van der Waals surface area contributed by atoms with Gasteiger partial charge in [-0.2, -0.15) is 0 Å². The van der Waals surface area contributed by atoms with Crippen molar-refractivity contribution in [1.29, 1.82) is 0 Å². The third-order valence-electron chi connectivity index (χ3n) is 2.81. The van der Waals surface area contributed by atoms with Crippen LogP contribution in [0, 0.1) is 6.92 Å².